The molecule has 3 rings (SSSR count). The highest BCUT2D eigenvalue weighted by atomic mass is 79.9. The molecule has 29 heavy (non-hydrogen) atoms. The van der Waals surface area contributed by atoms with E-state index < -0.39 is 0 Å². The lowest BCUT2D eigenvalue weighted by Gasteiger charge is -2.14. The Hall–Kier alpha value is -2.25. The predicted molar refractivity (Wildman–Crippen MR) is 123 cm³/mol. The van der Waals surface area contributed by atoms with Crippen LogP contribution in [0.4, 0.5) is 5.69 Å². The first kappa shape index (κ1) is 21.5. The van der Waals surface area contributed by atoms with E-state index in [2.05, 4.69) is 27.8 Å². The topological polar surface area (TPSA) is 62.1 Å². The summed E-state index contributed by atoms with van der Waals surface area (Å²) in [6.07, 6.45) is 3.72. The molecular weight excluding hydrogens is 452 g/mol. The number of nitrogens with zero attached hydrogens (tertiary/aromatic N) is 2. The Morgan fingerprint density at radius 2 is 2.00 bits per heavy atom. The van der Waals surface area contributed by atoms with Crippen LogP contribution in [0.15, 0.2) is 56.8 Å². The molecule has 1 amide bonds. The minimum atomic E-state index is -0.0553. The van der Waals surface area contributed by atoms with Gasteiger partial charge in [-0.05, 0) is 76.9 Å². The molecule has 2 aromatic carbocycles. The van der Waals surface area contributed by atoms with E-state index in [4.69, 9.17) is 4.74 Å². The zero-order valence-electron chi connectivity index (χ0n) is 16.4. The number of para-hydroxylation sites is 1. The zero-order valence-corrected chi connectivity index (χ0v) is 18.8. The van der Waals surface area contributed by atoms with E-state index in [0.717, 1.165) is 24.1 Å². The van der Waals surface area contributed by atoms with Crippen molar-refractivity contribution in [3.63, 3.8) is 0 Å². The van der Waals surface area contributed by atoms with E-state index in [1.165, 1.54) is 11.8 Å². The van der Waals surface area contributed by atoms with Crippen molar-refractivity contribution in [3.05, 3.63) is 57.4 Å². The second-order valence-electron chi connectivity index (χ2n) is 6.43. The Bertz CT molecular complexity index is 945. The number of aromatic hydroxyl groups is 1. The number of phenols is 1. The van der Waals surface area contributed by atoms with Crippen molar-refractivity contribution in [2.45, 2.75) is 26.7 Å². The molecule has 7 heteroatoms. The fourth-order valence-corrected chi connectivity index (χ4v) is 4.30. The summed E-state index contributed by atoms with van der Waals surface area (Å²) in [6.45, 7) is 5.02. The molecule has 0 aromatic heterocycles. The molecule has 1 heterocycles. The van der Waals surface area contributed by atoms with Crippen molar-refractivity contribution < 1.29 is 14.6 Å². The van der Waals surface area contributed by atoms with Crippen LogP contribution in [-0.2, 0) is 4.79 Å². The quantitative estimate of drug-likeness (QED) is 0.502. The molecular formula is C22H23BrN2O3S. The highest BCUT2D eigenvalue weighted by Gasteiger charge is 2.33. The number of thioether (sulfide) groups is 1. The van der Waals surface area contributed by atoms with Crippen LogP contribution in [0.5, 0.6) is 11.5 Å². The van der Waals surface area contributed by atoms with Crippen LogP contribution in [0.25, 0.3) is 6.08 Å². The number of benzene rings is 2. The number of hydrogen-bond donors (Lipinski definition) is 1. The zero-order chi connectivity index (χ0) is 20.8. The summed E-state index contributed by atoms with van der Waals surface area (Å²) in [6, 6.07) is 13.1. The number of ether oxygens (including phenoxy) is 1. The highest BCUT2D eigenvalue weighted by Crippen LogP contribution is 2.39. The Balaban J connectivity index is 1.95. The number of hydrogen-bond acceptors (Lipinski definition) is 5. The number of carbonyl (C=O) groups excluding carboxylic acids is 1. The highest BCUT2D eigenvalue weighted by molar-refractivity contribution is 9.10. The normalized spacial score (nSPS) is 16.8. The third-order valence-electron chi connectivity index (χ3n) is 4.25. The lowest BCUT2D eigenvalue weighted by Crippen LogP contribution is -2.30. The summed E-state index contributed by atoms with van der Waals surface area (Å²) in [5, 5.41) is 10.8. The maximum absolute atomic E-state index is 13.0. The standard InChI is InChI=1S/C22H23BrN2O3S/c1-3-5-11-25-21(27)19(29-22(25)24-16-9-7-6-8-10-16)14-15-12-17(23)20(26)18(13-15)28-4-2/h6-10,12-14,26H,3-5,11H2,1-2H3/b19-14+,24-22?. The van der Waals surface area contributed by atoms with Gasteiger partial charge in [-0.1, -0.05) is 31.5 Å². The molecule has 0 saturated carbocycles. The smallest absolute Gasteiger partial charge is 0.266 e. The van der Waals surface area contributed by atoms with Gasteiger partial charge in [-0.3, -0.25) is 9.69 Å². The minimum absolute atomic E-state index is 0.0512. The molecule has 0 aliphatic carbocycles. The molecule has 0 spiro atoms. The Labute approximate surface area is 183 Å². The van der Waals surface area contributed by atoms with E-state index >= 15 is 0 Å². The van der Waals surface area contributed by atoms with E-state index in [1.54, 1.807) is 17.0 Å². The number of unbranched alkanes of at least 4 members (excludes halogenated alkanes) is 1. The molecule has 1 N–H and O–H groups in total. The first-order valence-corrected chi connectivity index (χ1v) is 11.1. The predicted octanol–water partition coefficient (Wildman–Crippen LogP) is 5.96. The molecule has 0 atom stereocenters. The van der Waals surface area contributed by atoms with Gasteiger partial charge in [-0.15, -0.1) is 0 Å². The summed E-state index contributed by atoms with van der Waals surface area (Å²) >= 11 is 4.71. The average Bonchev–Trinajstić information content (AvgIpc) is 2.99. The van der Waals surface area contributed by atoms with Crippen LogP contribution < -0.4 is 4.74 Å². The van der Waals surface area contributed by atoms with Gasteiger partial charge in [0.15, 0.2) is 16.7 Å². The van der Waals surface area contributed by atoms with E-state index in [1.807, 2.05) is 43.3 Å². The number of halogens is 1. The van der Waals surface area contributed by atoms with Crippen molar-refractivity contribution in [1.29, 1.82) is 0 Å². The molecule has 1 aliphatic heterocycles. The van der Waals surface area contributed by atoms with Gasteiger partial charge in [-0.25, -0.2) is 4.99 Å². The van der Waals surface area contributed by atoms with Gasteiger partial charge >= 0.3 is 0 Å². The van der Waals surface area contributed by atoms with Crippen LogP contribution in [0.1, 0.15) is 32.3 Å². The molecule has 0 radical (unpaired) electrons. The molecule has 1 fully saturated rings. The summed E-state index contributed by atoms with van der Waals surface area (Å²) in [7, 11) is 0. The summed E-state index contributed by atoms with van der Waals surface area (Å²) < 4.78 is 6.01. The average molecular weight is 475 g/mol. The van der Waals surface area contributed by atoms with Crippen LogP contribution >= 0.6 is 27.7 Å². The summed E-state index contributed by atoms with van der Waals surface area (Å²) in [5.41, 5.74) is 1.59. The number of amidine groups is 1. The van der Waals surface area contributed by atoms with Crippen molar-refractivity contribution in [1.82, 2.24) is 4.90 Å². The van der Waals surface area contributed by atoms with Crippen LogP contribution in [0.3, 0.4) is 0 Å². The molecule has 1 aliphatic rings. The SMILES string of the molecule is CCCCN1C(=O)/C(=C\c2cc(Br)c(O)c(OCC)c2)SC1=Nc1ccccc1. The van der Waals surface area contributed by atoms with Crippen LogP contribution in [-0.4, -0.2) is 34.2 Å². The number of aliphatic imine (C=N–C) groups is 1. The van der Waals surface area contributed by atoms with Gasteiger partial charge in [-0.2, -0.15) is 0 Å². The molecule has 5 nitrogen and oxygen atoms in total. The van der Waals surface area contributed by atoms with Gasteiger partial charge in [0.2, 0.25) is 0 Å². The monoisotopic (exact) mass is 474 g/mol. The third-order valence-corrected chi connectivity index (χ3v) is 5.86. The maximum Gasteiger partial charge on any atom is 0.266 e. The van der Waals surface area contributed by atoms with Crippen LogP contribution in [0, 0.1) is 0 Å². The summed E-state index contributed by atoms with van der Waals surface area (Å²) in [4.78, 5) is 20.1. The lowest BCUT2D eigenvalue weighted by molar-refractivity contribution is -0.122. The maximum atomic E-state index is 13.0. The van der Waals surface area contributed by atoms with Gasteiger partial charge < -0.3 is 9.84 Å². The Kier molecular flexibility index (Phi) is 7.39. The van der Waals surface area contributed by atoms with E-state index in [-0.39, 0.29) is 11.7 Å². The molecule has 2 aromatic rings. The largest absolute Gasteiger partial charge is 0.503 e. The van der Waals surface area contributed by atoms with E-state index in [0.29, 0.717) is 33.4 Å². The second-order valence-corrected chi connectivity index (χ2v) is 8.30. The lowest BCUT2D eigenvalue weighted by atomic mass is 10.2. The van der Waals surface area contributed by atoms with Crippen molar-refractivity contribution >= 4 is 50.5 Å². The van der Waals surface area contributed by atoms with Crippen LogP contribution in [0.2, 0.25) is 0 Å². The molecule has 1 saturated heterocycles. The minimum Gasteiger partial charge on any atom is -0.503 e. The Morgan fingerprint density at radius 1 is 1.24 bits per heavy atom. The fraction of sp³-hybridized carbons (Fsp3) is 0.273. The molecule has 152 valence electrons. The molecule has 0 unspecified atom stereocenters. The van der Waals surface area contributed by atoms with E-state index in [9.17, 15) is 9.90 Å². The van der Waals surface area contributed by atoms with Gasteiger partial charge in [0, 0.05) is 6.54 Å². The van der Waals surface area contributed by atoms with Crippen molar-refractivity contribution in [3.8, 4) is 11.5 Å². The van der Waals surface area contributed by atoms with Gasteiger partial charge in [0.1, 0.15) is 0 Å². The number of rotatable bonds is 7. The fourth-order valence-electron chi connectivity index (χ4n) is 2.81. The second kappa shape index (κ2) is 9.98. The number of phenolic OH excluding ortho intramolecular Hbond substituents is 1. The van der Waals surface area contributed by atoms with Gasteiger partial charge in [0.05, 0.1) is 21.7 Å². The molecule has 0 bridgehead atoms. The van der Waals surface area contributed by atoms with Crippen molar-refractivity contribution in [2.24, 2.45) is 4.99 Å². The van der Waals surface area contributed by atoms with Gasteiger partial charge in [0.25, 0.3) is 5.91 Å². The number of amides is 1. The summed E-state index contributed by atoms with van der Waals surface area (Å²) in [5.74, 6) is 0.376. The Morgan fingerprint density at radius 3 is 2.69 bits per heavy atom. The first-order valence-electron chi connectivity index (χ1n) is 9.54. The van der Waals surface area contributed by atoms with Crippen molar-refractivity contribution in [2.75, 3.05) is 13.2 Å². The third kappa shape index (κ3) is 5.22. The number of carbonyl (C=O) groups is 1. The first-order chi connectivity index (χ1) is 14.0.